The molecule has 18 heavy (non-hydrogen) atoms. The normalized spacial score (nSPS) is 11.2. The zero-order valence-electron chi connectivity index (χ0n) is 10.3. The first kappa shape index (κ1) is 12.6. The van der Waals surface area contributed by atoms with Gasteiger partial charge >= 0.3 is 10.1 Å². The highest BCUT2D eigenvalue weighted by atomic mass is 32.2. The van der Waals surface area contributed by atoms with E-state index in [0.717, 1.165) is 11.1 Å². The molecule has 0 saturated carbocycles. The summed E-state index contributed by atoms with van der Waals surface area (Å²) in [5.41, 5.74) is 2.05. The Morgan fingerprint density at radius 3 is 1.72 bits per heavy atom. The van der Waals surface area contributed by atoms with Gasteiger partial charge in [0.15, 0.2) is 0 Å². The Bertz CT molecular complexity index is 626. The lowest BCUT2D eigenvalue weighted by atomic mass is 10.2. The van der Waals surface area contributed by atoms with Crippen molar-refractivity contribution < 1.29 is 12.6 Å². The predicted molar refractivity (Wildman–Crippen MR) is 70.2 cm³/mol. The Morgan fingerprint density at radius 1 is 0.778 bits per heavy atom. The van der Waals surface area contributed by atoms with Crippen LogP contribution in [0.2, 0.25) is 0 Å². The van der Waals surface area contributed by atoms with E-state index in [4.69, 9.17) is 4.18 Å². The topological polar surface area (TPSA) is 43.4 Å². The van der Waals surface area contributed by atoms with Crippen LogP contribution in [0.4, 0.5) is 0 Å². The molecule has 2 aromatic rings. The molecule has 4 heteroatoms. The summed E-state index contributed by atoms with van der Waals surface area (Å²) in [6, 6.07) is 13.5. The molecule has 0 aliphatic heterocycles. The van der Waals surface area contributed by atoms with Crippen molar-refractivity contribution in [1.82, 2.24) is 0 Å². The largest absolute Gasteiger partial charge is 0.379 e. The van der Waals surface area contributed by atoms with Crippen LogP contribution in [0.1, 0.15) is 11.1 Å². The second-order valence-electron chi connectivity index (χ2n) is 4.16. The van der Waals surface area contributed by atoms with Crippen LogP contribution in [0, 0.1) is 13.8 Å². The van der Waals surface area contributed by atoms with Gasteiger partial charge in [0, 0.05) is 0 Å². The minimum Gasteiger partial charge on any atom is -0.379 e. The van der Waals surface area contributed by atoms with Crippen LogP contribution in [0.25, 0.3) is 0 Å². The lowest BCUT2D eigenvalue weighted by Gasteiger charge is -2.07. The summed E-state index contributed by atoms with van der Waals surface area (Å²) in [6.45, 7) is 3.83. The van der Waals surface area contributed by atoms with Crippen LogP contribution in [-0.4, -0.2) is 8.42 Å². The fraction of sp³-hybridized carbons (Fsp3) is 0.143. The average molecular weight is 262 g/mol. The number of benzene rings is 2. The van der Waals surface area contributed by atoms with Crippen LogP contribution >= 0.6 is 0 Å². The van der Waals surface area contributed by atoms with Crippen LogP contribution in [0.15, 0.2) is 53.4 Å². The molecule has 0 aliphatic rings. The van der Waals surface area contributed by atoms with E-state index in [1.54, 1.807) is 48.5 Å². The molecule has 0 saturated heterocycles. The van der Waals surface area contributed by atoms with Crippen LogP contribution in [0.5, 0.6) is 5.75 Å². The van der Waals surface area contributed by atoms with Gasteiger partial charge in [-0.1, -0.05) is 35.4 Å². The van der Waals surface area contributed by atoms with E-state index in [1.165, 1.54) is 0 Å². The second-order valence-corrected chi connectivity index (χ2v) is 5.71. The lowest BCUT2D eigenvalue weighted by Crippen LogP contribution is -2.09. The molecule has 2 aromatic carbocycles. The molecular formula is C14H14O3S. The number of aryl methyl sites for hydroxylation is 2. The van der Waals surface area contributed by atoms with Crippen molar-refractivity contribution >= 4 is 10.1 Å². The van der Waals surface area contributed by atoms with E-state index in [9.17, 15) is 8.42 Å². The minimum absolute atomic E-state index is 0.161. The fourth-order valence-electron chi connectivity index (χ4n) is 1.47. The Balaban J connectivity index is 2.27. The number of hydrogen-bond donors (Lipinski definition) is 0. The van der Waals surface area contributed by atoms with Gasteiger partial charge in [-0.15, -0.1) is 0 Å². The summed E-state index contributed by atoms with van der Waals surface area (Å²) < 4.78 is 29.0. The summed E-state index contributed by atoms with van der Waals surface area (Å²) in [7, 11) is -3.74. The predicted octanol–water partition coefficient (Wildman–Crippen LogP) is 3.07. The van der Waals surface area contributed by atoms with Crippen molar-refractivity contribution in [2.45, 2.75) is 18.7 Å². The monoisotopic (exact) mass is 262 g/mol. The Kier molecular flexibility index (Phi) is 3.39. The van der Waals surface area contributed by atoms with Gasteiger partial charge in [-0.3, -0.25) is 0 Å². The summed E-state index contributed by atoms with van der Waals surface area (Å²) >= 11 is 0. The van der Waals surface area contributed by atoms with Gasteiger partial charge < -0.3 is 4.18 Å². The highest BCUT2D eigenvalue weighted by molar-refractivity contribution is 7.87. The van der Waals surface area contributed by atoms with Gasteiger partial charge in [0.1, 0.15) is 10.6 Å². The minimum atomic E-state index is -3.74. The van der Waals surface area contributed by atoms with Crippen molar-refractivity contribution in [2.75, 3.05) is 0 Å². The molecule has 0 unspecified atom stereocenters. The van der Waals surface area contributed by atoms with Crippen LogP contribution in [0.3, 0.4) is 0 Å². The molecule has 0 aliphatic carbocycles. The third kappa shape index (κ3) is 2.90. The fourth-order valence-corrected chi connectivity index (χ4v) is 2.40. The van der Waals surface area contributed by atoms with Crippen molar-refractivity contribution in [3.8, 4) is 5.75 Å². The molecule has 3 nitrogen and oxygen atoms in total. The smallest absolute Gasteiger partial charge is 0.339 e. The van der Waals surface area contributed by atoms with Gasteiger partial charge in [0.25, 0.3) is 0 Å². The molecule has 0 bridgehead atoms. The van der Waals surface area contributed by atoms with Gasteiger partial charge in [0.05, 0.1) is 0 Å². The van der Waals surface area contributed by atoms with Crippen molar-refractivity contribution in [1.29, 1.82) is 0 Å². The summed E-state index contributed by atoms with van der Waals surface area (Å²) in [6.07, 6.45) is 0. The maximum Gasteiger partial charge on any atom is 0.339 e. The third-order valence-corrected chi connectivity index (χ3v) is 3.80. The Labute approximate surface area is 107 Å². The summed E-state index contributed by atoms with van der Waals surface area (Å²) in [4.78, 5) is 0.161. The van der Waals surface area contributed by atoms with E-state index < -0.39 is 10.1 Å². The van der Waals surface area contributed by atoms with Crippen molar-refractivity contribution in [3.63, 3.8) is 0 Å². The molecule has 0 amide bonds. The molecule has 2 rings (SSSR count). The molecule has 0 heterocycles. The molecule has 94 valence electrons. The third-order valence-electron chi connectivity index (χ3n) is 2.54. The first-order chi connectivity index (χ1) is 8.47. The Hall–Kier alpha value is -1.81. The van der Waals surface area contributed by atoms with Crippen LogP contribution in [-0.2, 0) is 10.1 Å². The summed E-state index contributed by atoms with van der Waals surface area (Å²) in [5.74, 6) is 0.321. The second kappa shape index (κ2) is 4.82. The number of hydrogen-bond acceptors (Lipinski definition) is 3. The SMILES string of the molecule is Cc1ccc(OS(=O)(=O)c2ccc(C)cc2)cc1. The summed E-state index contributed by atoms with van der Waals surface area (Å²) in [5, 5.41) is 0. The first-order valence-corrected chi connectivity index (χ1v) is 6.96. The molecular weight excluding hydrogens is 248 g/mol. The molecule has 0 aromatic heterocycles. The zero-order chi connectivity index (χ0) is 13.2. The number of rotatable bonds is 3. The van der Waals surface area contributed by atoms with Gasteiger partial charge in [-0.05, 0) is 38.1 Å². The molecule has 0 radical (unpaired) electrons. The lowest BCUT2D eigenvalue weighted by molar-refractivity contribution is 0.486. The van der Waals surface area contributed by atoms with Gasteiger partial charge in [-0.2, -0.15) is 8.42 Å². The van der Waals surface area contributed by atoms with E-state index >= 15 is 0 Å². The highest BCUT2D eigenvalue weighted by Gasteiger charge is 2.15. The first-order valence-electron chi connectivity index (χ1n) is 5.55. The molecule has 0 spiro atoms. The molecule has 0 fully saturated rings. The quantitative estimate of drug-likeness (QED) is 0.798. The van der Waals surface area contributed by atoms with Gasteiger partial charge in [-0.25, -0.2) is 0 Å². The zero-order valence-corrected chi connectivity index (χ0v) is 11.1. The van der Waals surface area contributed by atoms with Gasteiger partial charge in [0.2, 0.25) is 0 Å². The molecule has 0 atom stereocenters. The van der Waals surface area contributed by atoms with Crippen molar-refractivity contribution in [3.05, 3.63) is 59.7 Å². The molecule has 0 N–H and O–H groups in total. The average Bonchev–Trinajstić information content (AvgIpc) is 2.32. The maximum atomic E-state index is 12.0. The van der Waals surface area contributed by atoms with E-state index in [-0.39, 0.29) is 4.90 Å². The van der Waals surface area contributed by atoms with Crippen LogP contribution < -0.4 is 4.18 Å². The van der Waals surface area contributed by atoms with E-state index in [1.807, 2.05) is 13.8 Å². The highest BCUT2D eigenvalue weighted by Crippen LogP contribution is 2.19. The van der Waals surface area contributed by atoms with Crippen molar-refractivity contribution in [2.24, 2.45) is 0 Å². The van der Waals surface area contributed by atoms with E-state index in [0.29, 0.717) is 5.75 Å². The maximum absolute atomic E-state index is 12.0. The van der Waals surface area contributed by atoms with E-state index in [2.05, 4.69) is 0 Å². The Morgan fingerprint density at radius 2 is 1.22 bits per heavy atom. The standard InChI is InChI=1S/C14H14O3S/c1-11-3-7-13(8-4-11)17-18(15,16)14-9-5-12(2)6-10-14/h3-10H,1-2H3.